The third-order valence-electron chi connectivity index (χ3n) is 2.37. The molecule has 8 heteroatoms. The van der Waals surface area contributed by atoms with Gasteiger partial charge in [-0.25, -0.2) is 9.78 Å². The Kier molecular flexibility index (Phi) is 4.04. The molecule has 2 aromatic rings. The Hall–Kier alpha value is -2.77. The number of aryl methyl sites for hydroxylation is 2. The third kappa shape index (κ3) is 3.61. The first-order valence-electron chi connectivity index (χ1n) is 5.84. The molecule has 0 bridgehead atoms. The molecule has 2 heterocycles. The number of aromatic nitrogens is 3. The fraction of sp³-hybridized carbons (Fsp3) is 0.250. The molecule has 1 amide bonds. The molecular weight excluding hydrogens is 264 g/mol. The molecule has 0 unspecified atom stereocenters. The Morgan fingerprint density at radius 2 is 2.15 bits per heavy atom. The van der Waals surface area contributed by atoms with E-state index in [0.29, 0.717) is 18.1 Å². The van der Waals surface area contributed by atoms with Crippen LogP contribution in [0.5, 0.6) is 0 Å². The monoisotopic (exact) mass is 276 g/mol. The van der Waals surface area contributed by atoms with E-state index in [4.69, 9.17) is 9.63 Å². The van der Waals surface area contributed by atoms with E-state index in [9.17, 15) is 9.59 Å². The summed E-state index contributed by atoms with van der Waals surface area (Å²) in [6.07, 6.45) is 0.450. The van der Waals surface area contributed by atoms with E-state index >= 15 is 0 Å². The van der Waals surface area contributed by atoms with Gasteiger partial charge in [0.2, 0.25) is 11.8 Å². The van der Waals surface area contributed by atoms with Crippen LogP contribution in [-0.2, 0) is 11.2 Å². The van der Waals surface area contributed by atoms with Gasteiger partial charge in [-0.15, -0.1) is 0 Å². The molecule has 0 saturated heterocycles. The minimum Gasteiger partial charge on any atom is -0.477 e. The summed E-state index contributed by atoms with van der Waals surface area (Å²) in [7, 11) is 0. The largest absolute Gasteiger partial charge is 0.477 e. The van der Waals surface area contributed by atoms with Gasteiger partial charge in [-0.1, -0.05) is 11.2 Å². The van der Waals surface area contributed by atoms with Crippen LogP contribution >= 0.6 is 0 Å². The molecule has 0 radical (unpaired) electrons. The lowest BCUT2D eigenvalue weighted by molar-refractivity contribution is -0.116. The van der Waals surface area contributed by atoms with Gasteiger partial charge in [0.15, 0.2) is 11.5 Å². The molecule has 0 saturated carbocycles. The van der Waals surface area contributed by atoms with Crippen molar-refractivity contribution in [3.8, 4) is 0 Å². The number of aromatic carboxylic acids is 1. The number of carbonyl (C=O) groups is 2. The van der Waals surface area contributed by atoms with Crippen LogP contribution in [0.1, 0.15) is 28.6 Å². The molecule has 8 nitrogen and oxygen atoms in total. The highest BCUT2D eigenvalue weighted by Gasteiger charge is 2.10. The second kappa shape index (κ2) is 5.91. The Morgan fingerprint density at radius 1 is 1.35 bits per heavy atom. The van der Waals surface area contributed by atoms with E-state index in [2.05, 4.69) is 20.4 Å². The van der Waals surface area contributed by atoms with Crippen molar-refractivity contribution in [2.24, 2.45) is 0 Å². The standard InChI is InChI=1S/C12H12N4O4/c1-7-13-11(20-16-7)6-5-10(17)15-9-4-2-3-8(14-9)12(18)19/h2-4H,5-6H2,1H3,(H,18,19)(H,14,15,17). The predicted molar refractivity (Wildman–Crippen MR) is 67.2 cm³/mol. The highest BCUT2D eigenvalue weighted by atomic mass is 16.5. The Balaban J connectivity index is 1.91. The number of nitrogens with one attached hydrogen (secondary N) is 1. The van der Waals surface area contributed by atoms with Crippen LogP contribution in [0.2, 0.25) is 0 Å². The predicted octanol–water partition coefficient (Wildman–Crippen LogP) is 1.04. The molecule has 0 aromatic carbocycles. The number of pyridine rings is 1. The molecule has 2 N–H and O–H groups in total. The van der Waals surface area contributed by atoms with E-state index < -0.39 is 5.97 Å². The van der Waals surface area contributed by atoms with Crippen molar-refractivity contribution in [1.82, 2.24) is 15.1 Å². The number of rotatable bonds is 5. The maximum atomic E-state index is 11.7. The zero-order valence-corrected chi connectivity index (χ0v) is 10.7. The summed E-state index contributed by atoms with van der Waals surface area (Å²) >= 11 is 0. The number of anilines is 1. The van der Waals surface area contributed by atoms with Crippen molar-refractivity contribution in [2.45, 2.75) is 19.8 Å². The highest BCUT2D eigenvalue weighted by Crippen LogP contribution is 2.07. The second-order valence-corrected chi connectivity index (χ2v) is 4.00. The summed E-state index contributed by atoms with van der Waals surface area (Å²) in [5.74, 6) is -0.379. The quantitative estimate of drug-likeness (QED) is 0.837. The molecule has 104 valence electrons. The van der Waals surface area contributed by atoms with Crippen molar-refractivity contribution in [2.75, 3.05) is 5.32 Å². The lowest BCUT2D eigenvalue weighted by atomic mass is 10.3. The summed E-state index contributed by atoms with van der Waals surface area (Å²) in [5.41, 5.74) is -0.129. The van der Waals surface area contributed by atoms with E-state index in [1.54, 1.807) is 6.92 Å². The molecule has 20 heavy (non-hydrogen) atoms. The van der Waals surface area contributed by atoms with Crippen LogP contribution in [-0.4, -0.2) is 32.1 Å². The summed E-state index contributed by atoms with van der Waals surface area (Å²) in [6.45, 7) is 1.69. The molecule has 0 aliphatic rings. The summed E-state index contributed by atoms with van der Waals surface area (Å²) < 4.78 is 4.88. The Morgan fingerprint density at radius 3 is 2.80 bits per heavy atom. The van der Waals surface area contributed by atoms with Gasteiger partial charge in [-0.3, -0.25) is 4.79 Å². The summed E-state index contributed by atoms with van der Waals surface area (Å²) in [5, 5.41) is 14.9. The van der Waals surface area contributed by atoms with Crippen LogP contribution in [0.25, 0.3) is 0 Å². The smallest absolute Gasteiger partial charge is 0.354 e. The topological polar surface area (TPSA) is 118 Å². The van der Waals surface area contributed by atoms with Crippen molar-refractivity contribution in [3.63, 3.8) is 0 Å². The SMILES string of the molecule is Cc1noc(CCC(=O)Nc2cccc(C(=O)O)n2)n1. The number of hydrogen-bond donors (Lipinski definition) is 2. The molecule has 2 aromatic heterocycles. The van der Waals surface area contributed by atoms with E-state index in [1.807, 2.05) is 0 Å². The first kappa shape index (κ1) is 13.7. The van der Waals surface area contributed by atoms with Gasteiger partial charge >= 0.3 is 5.97 Å². The van der Waals surface area contributed by atoms with E-state index in [1.165, 1.54) is 18.2 Å². The van der Waals surface area contributed by atoms with Crippen molar-refractivity contribution in [3.05, 3.63) is 35.6 Å². The maximum absolute atomic E-state index is 11.7. The minimum absolute atomic E-state index is 0.129. The van der Waals surface area contributed by atoms with Crippen LogP contribution < -0.4 is 5.32 Å². The van der Waals surface area contributed by atoms with Gasteiger partial charge in [-0.05, 0) is 19.1 Å². The first-order chi connectivity index (χ1) is 9.54. The zero-order chi connectivity index (χ0) is 14.5. The molecule has 0 atom stereocenters. The van der Waals surface area contributed by atoms with Gasteiger partial charge in [0.05, 0.1) is 0 Å². The minimum atomic E-state index is -1.15. The van der Waals surface area contributed by atoms with Gasteiger partial charge in [0.25, 0.3) is 0 Å². The summed E-state index contributed by atoms with van der Waals surface area (Å²) in [6, 6.07) is 4.37. The number of amides is 1. The molecule has 2 rings (SSSR count). The van der Waals surface area contributed by atoms with Gasteiger partial charge in [-0.2, -0.15) is 4.98 Å². The van der Waals surface area contributed by atoms with Gasteiger partial charge in [0.1, 0.15) is 5.82 Å². The summed E-state index contributed by atoms with van der Waals surface area (Å²) in [4.78, 5) is 30.2. The average Bonchev–Trinajstić information content (AvgIpc) is 2.82. The highest BCUT2D eigenvalue weighted by molar-refractivity contribution is 5.91. The lowest BCUT2D eigenvalue weighted by Gasteiger charge is -2.03. The molecule has 0 fully saturated rings. The van der Waals surface area contributed by atoms with Crippen LogP contribution in [0.4, 0.5) is 5.82 Å². The molecule has 0 spiro atoms. The van der Waals surface area contributed by atoms with Crippen molar-refractivity contribution >= 4 is 17.7 Å². The Bertz CT molecular complexity index is 638. The van der Waals surface area contributed by atoms with Crippen LogP contribution in [0.3, 0.4) is 0 Å². The number of nitrogens with zero attached hydrogens (tertiary/aromatic N) is 3. The number of carbonyl (C=O) groups excluding carboxylic acids is 1. The third-order valence-corrected chi connectivity index (χ3v) is 2.37. The normalized spacial score (nSPS) is 10.2. The van der Waals surface area contributed by atoms with Crippen molar-refractivity contribution in [1.29, 1.82) is 0 Å². The number of carboxylic acid groups (broad SMARTS) is 1. The fourth-order valence-electron chi connectivity index (χ4n) is 1.49. The van der Waals surface area contributed by atoms with E-state index in [0.717, 1.165) is 0 Å². The lowest BCUT2D eigenvalue weighted by Crippen LogP contribution is -2.14. The molecule has 0 aliphatic carbocycles. The zero-order valence-electron chi connectivity index (χ0n) is 10.7. The van der Waals surface area contributed by atoms with Crippen molar-refractivity contribution < 1.29 is 19.2 Å². The van der Waals surface area contributed by atoms with Gasteiger partial charge in [0, 0.05) is 12.8 Å². The molecule has 0 aliphatic heterocycles. The number of hydrogen-bond acceptors (Lipinski definition) is 6. The fourth-order valence-corrected chi connectivity index (χ4v) is 1.49. The first-order valence-corrected chi connectivity index (χ1v) is 5.84. The maximum Gasteiger partial charge on any atom is 0.354 e. The Labute approximate surface area is 113 Å². The second-order valence-electron chi connectivity index (χ2n) is 4.00. The number of carboxylic acids is 1. The van der Waals surface area contributed by atoms with Gasteiger partial charge < -0.3 is 14.9 Å². The van der Waals surface area contributed by atoms with E-state index in [-0.39, 0.29) is 23.8 Å². The average molecular weight is 276 g/mol. The molecular formula is C12H12N4O4. The van der Waals surface area contributed by atoms with Crippen LogP contribution in [0.15, 0.2) is 22.7 Å². The van der Waals surface area contributed by atoms with Crippen LogP contribution in [0, 0.1) is 6.92 Å².